The van der Waals surface area contributed by atoms with E-state index in [0.29, 0.717) is 29.7 Å². The highest BCUT2D eigenvalue weighted by atomic mass is 79.9. The molecule has 1 unspecified atom stereocenters. The molecular formula is C14H17BrFNO2. The first-order valence-corrected chi connectivity index (χ1v) is 7.27. The van der Waals surface area contributed by atoms with Crippen LogP contribution in [0.1, 0.15) is 30.1 Å². The lowest BCUT2D eigenvalue weighted by Gasteiger charge is -2.23. The van der Waals surface area contributed by atoms with Gasteiger partial charge in [0.15, 0.2) is 0 Å². The lowest BCUT2D eigenvalue weighted by molar-refractivity contribution is 0.0459. The molecule has 0 aliphatic carbocycles. The van der Waals surface area contributed by atoms with Crippen molar-refractivity contribution in [2.75, 3.05) is 19.7 Å². The van der Waals surface area contributed by atoms with E-state index in [0.717, 1.165) is 12.8 Å². The quantitative estimate of drug-likeness (QED) is 0.833. The van der Waals surface area contributed by atoms with E-state index < -0.39 is 0 Å². The molecule has 3 nitrogen and oxygen atoms in total. The van der Waals surface area contributed by atoms with Gasteiger partial charge in [0.2, 0.25) is 0 Å². The van der Waals surface area contributed by atoms with Crippen LogP contribution in [0.4, 0.5) is 4.39 Å². The van der Waals surface area contributed by atoms with Gasteiger partial charge in [-0.3, -0.25) is 4.79 Å². The zero-order valence-electron chi connectivity index (χ0n) is 10.9. The summed E-state index contributed by atoms with van der Waals surface area (Å²) in [4.78, 5) is 14.3. The molecule has 0 N–H and O–H groups in total. The maximum atomic E-state index is 13.1. The number of halogens is 2. The zero-order valence-corrected chi connectivity index (χ0v) is 12.5. The maximum Gasteiger partial charge on any atom is 0.255 e. The molecule has 104 valence electrons. The van der Waals surface area contributed by atoms with Gasteiger partial charge in [-0.05, 0) is 47.0 Å². The molecule has 1 aromatic carbocycles. The number of nitrogens with zero attached hydrogens (tertiary/aromatic N) is 1. The highest BCUT2D eigenvalue weighted by Gasteiger charge is 2.23. The summed E-state index contributed by atoms with van der Waals surface area (Å²) >= 11 is 3.25. The lowest BCUT2D eigenvalue weighted by Crippen LogP contribution is -2.36. The summed E-state index contributed by atoms with van der Waals surface area (Å²) in [7, 11) is 0. The Labute approximate surface area is 120 Å². The van der Waals surface area contributed by atoms with Gasteiger partial charge in [-0.2, -0.15) is 0 Å². The molecule has 0 radical (unpaired) electrons. The molecule has 0 saturated carbocycles. The minimum Gasteiger partial charge on any atom is -0.376 e. The Morgan fingerprint density at radius 2 is 2.37 bits per heavy atom. The molecule has 1 aliphatic heterocycles. The lowest BCUT2D eigenvalue weighted by atomic mass is 10.1. The van der Waals surface area contributed by atoms with Gasteiger partial charge in [0.25, 0.3) is 5.91 Å². The second-order valence-corrected chi connectivity index (χ2v) is 5.48. The van der Waals surface area contributed by atoms with E-state index in [4.69, 9.17) is 4.74 Å². The summed E-state index contributed by atoms with van der Waals surface area (Å²) in [5.41, 5.74) is 0.498. The molecule has 1 aliphatic rings. The molecule has 1 fully saturated rings. The monoisotopic (exact) mass is 329 g/mol. The number of carbonyl (C=O) groups excluding carboxylic acids is 1. The van der Waals surface area contributed by atoms with Gasteiger partial charge < -0.3 is 9.64 Å². The van der Waals surface area contributed by atoms with Crippen molar-refractivity contribution in [3.63, 3.8) is 0 Å². The Hall–Kier alpha value is -0.940. The number of benzene rings is 1. The van der Waals surface area contributed by atoms with Crippen LogP contribution in [0.25, 0.3) is 0 Å². The summed E-state index contributed by atoms with van der Waals surface area (Å²) in [6, 6.07) is 4.15. The third-order valence-electron chi connectivity index (χ3n) is 3.25. The Morgan fingerprint density at radius 3 is 3.05 bits per heavy atom. The highest BCUT2D eigenvalue weighted by Crippen LogP contribution is 2.21. The molecule has 1 heterocycles. The first-order valence-electron chi connectivity index (χ1n) is 6.47. The van der Waals surface area contributed by atoms with E-state index in [1.165, 1.54) is 18.2 Å². The number of rotatable bonds is 2. The van der Waals surface area contributed by atoms with E-state index in [1.807, 2.05) is 6.92 Å². The average Bonchev–Trinajstić information content (AvgIpc) is 2.63. The van der Waals surface area contributed by atoms with Crippen molar-refractivity contribution >= 4 is 21.8 Å². The molecule has 1 aromatic rings. The molecule has 0 bridgehead atoms. The third kappa shape index (κ3) is 3.54. The Bertz CT molecular complexity index is 467. The van der Waals surface area contributed by atoms with E-state index in [2.05, 4.69) is 15.9 Å². The molecular weight excluding hydrogens is 313 g/mol. The molecule has 0 spiro atoms. The molecule has 19 heavy (non-hydrogen) atoms. The smallest absolute Gasteiger partial charge is 0.255 e. The molecule has 1 saturated heterocycles. The van der Waals surface area contributed by atoms with Crippen LogP contribution in [-0.4, -0.2) is 36.6 Å². The summed E-state index contributed by atoms with van der Waals surface area (Å²) in [6.07, 6.45) is 1.81. The van der Waals surface area contributed by atoms with Crippen LogP contribution in [0.15, 0.2) is 22.7 Å². The van der Waals surface area contributed by atoms with E-state index in [9.17, 15) is 9.18 Å². The van der Waals surface area contributed by atoms with E-state index in [-0.39, 0.29) is 17.8 Å². The molecule has 2 rings (SSSR count). The van der Waals surface area contributed by atoms with Crippen molar-refractivity contribution in [2.24, 2.45) is 0 Å². The SMILES string of the molecule is CCC1CN(C(=O)c2ccc(F)cc2Br)CCCO1. The molecule has 1 atom stereocenters. The largest absolute Gasteiger partial charge is 0.376 e. The number of hydrogen-bond donors (Lipinski definition) is 0. The molecule has 1 amide bonds. The average molecular weight is 330 g/mol. The van der Waals surface area contributed by atoms with Gasteiger partial charge in [0, 0.05) is 24.2 Å². The van der Waals surface area contributed by atoms with Crippen LogP contribution in [0, 0.1) is 5.82 Å². The number of carbonyl (C=O) groups is 1. The molecule has 5 heteroatoms. The number of hydrogen-bond acceptors (Lipinski definition) is 2. The summed E-state index contributed by atoms with van der Waals surface area (Å²) in [6.45, 7) is 4.01. The van der Waals surface area contributed by atoms with Crippen LogP contribution in [0.3, 0.4) is 0 Å². The van der Waals surface area contributed by atoms with Gasteiger partial charge in [-0.15, -0.1) is 0 Å². The van der Waals surface area contributed by atoms with Crippen LogP contribution < -0.4 is 0 Å². The Morgan fingerprint density at radius 1 is 1.58 bits per heavy atom. The van der Waals surface area contributed by atoms with E-state index >= 15 is 0 Å². The number of ether oxygens (including phenoxy) is 1. The van der Waals surface area contributed by atoms with Gasteiger partial charge in [0.05, 0.1) is 11.7 Å². The predicted octanol–water partition coefficient (Wildman–Crippen LogP) is 3.23. The van der Waals surface area contributed by atoms with Crippen molar-refractivity contribution in [3.8, 4) is 0 Å². The van der Waals surface area contributed by atoms with E-state index in [1.54, 1.807) is 4.90 Å². The number of amides is 1. The highest BCUT2D eigenvalue weighted by molar-refractivity contribution is 9.10. The first kappa shape index (κ1) is 14.5. The fraction of sp³-hybridized carbons (Fsp3) is 0.500. The summed E-state index contributed by atoms with van der Waals surface area (Å²) in [5, 5.41) is 0. The molecule has 0 aromatic heterocycles. The third-order valence-corrected chi connectivity index (χ3v) is 3.91. The van der Waals surface area contributed by atoms with Crippen molar-refractivity contribution < 1.29 is 13.9 Å². The van der Waals surface area contributed by atoms with Gasteiger partial charge in [0.1, 0.15) is 5.82 Å². The predicted molar refractivity (Wildman–Crippen MR) is 74.7 cm³/mol. The fourth-order valence-corrected chi connectivity index (χ4v) is 2.68. The second-order valence-electron chi connectivity index (χ2n) is 4.63. The minimum absolute atomic E-state index is 0.0733. The van der Waals surface area contributed by atoms with Gasteiger partial charge >= 0.3 is 0 Å². The maximum absolute atomic E-state index is 13.1. The normalized spacial score (nSPS) is 20.2. The second kappa shape index (κ2) is 6.48. The van der Waals surface area contributed by atoms with Gasteiger partial charge in [-0.25, -0.2) is 4.39 Å². The Balaban J connectivity index is 2.17. The van der Waals surface area contributed by atoms with Crippen LogP contribution in [0.2, 0.25) is 0 Å². The standard InChI is InChI=1S/C14H17BrFNO2/c1-2-11-9-17(6-3-7-19-11)14(18)12-5-4-10(16)8-13(12)15/h4-5,8,11H,2-3,6-7,9H2,1H3. The van der Waals surface area contributed by atoms with Crippen LogP contribution in [-0.2, 0) is 4.74 Å². The van der Waals surface area contributed by atoms with Crippen LogP contribution >= 0.6 is 15.9 Å². The summed E-state index contributed by atoms with van der Waals surface area (Å²) in [5.74, 6) is -0.426. The van der Waals surface area contributed by atoms with Crippen molar-refractivity contribution in [1.82, 2.24) is 4.90 Å². The van der Waals surface area contributed by atoms with Crippen molar-refractivity contribution in [1.29, 1.82) is 0 Å². The zero-order chi connectivity index (χ0) is 13.8. The van der Waals surface area contributed by atoms with Crippen molar-refractivity contribution in [2.45, 2.75) is 25.9 Å². The van der Waals surface area contributed by atoms with Crippen molar-refractivity contribution in [3.05, 3.63) is 34.1 Å². The minimum atomic E-state index is -0.353. The summed E-state index contributed by atoms with van der Waals surface area (Å²) < 4.78 is 19.2. The topological polar surface area (TPSA) is 29.5 Å². The Kier molecular flexibility index (Phi) is 4.93. The van der Waals surface area contributed by atoms with Gasteiger partial charge in [-0.1, -0.05) is 6.92 Å². The fourth-order valence-electron chi connectivity index (χ4n) is 2.16. The first-order chi connectivity index (χ1) is 9.11. The van der Waals surface area contributed by atoms with Crippen LogP contribution in [0.5, 0.6) is 0 Å².